The number of thioether (sulfide) groups is 1. The van der Waals surface area contributed by atoms with Gasteiger partial charge in [-0.05, 0) is 26.0 Å². The number of carbonyl (C=O) groups excluding carboxylic acids is 3. The zero-order valence-corrected chi connectivity index (χ0v) is 12.3. The molecule has 1 aromatic carbocycles. The van der Waals surface area contributed by atoms with Crippen LogP contribution < -0.4 is 5.32 Å². The van der Waals surface area contributed by atoms with E-state index in [1.807, 2.05) is 0 Å². The first kappa shape index (κ1) is 16.2. The van der Waals surface area contributed by atoms with Gasteiger partial charge in [0.05, 0.1) is 23.8 Å². The normalized spacial score (nSPS) is 9.90. The van der Waals surface area contributed by atoms with E-state index in [1.165, 1.54) is 18.7 Å². The van der Waals surface area contributed by atoms with Crippen molar-refractivity contribution in [2.24, 2.45) is 0 Å². The lowest BCUT2D eigenvalue weighted by Crippen LogP contribution is -2.17. The van der Waals surface area contributed by atoms with Gasteiger partial charge in [-0.2, -0.15) is 0 Å². The second-order valence-electron chi connectivity index (χ2n) is 3.95. The van der Waals surface area contributed by atoms with Gasteiger partial charge in [0.25, 0.3) is 0 Å². The first-order chi connectivity index (χ1) is 9.54. The molecule has 0 bridgehead atoms. The highest BCUT2D eigenvalue weighted by Crippen LogP contribution is 2.16. The summed E-state index contributed by atoms with van der Waals surface area (Å²) in [5.41, 5.74) is 0.956. The average Bonchev–Trinajstić information content (AvgIpc) is 2.39. The molecule has 108 valence electrons. The Balaban J connectivity index is 2.47. The van der Waals surface area contributed by atoms with Crippen molar-refractivity contribution in [3.8, 4) is 0 Å². The van der Waals surface area contributed by atoms with Crippen LogP contribution in [0, 0.1) is 0 Å². The third-order valence-electron chi connectivity index (χ3n) is 2.34. The fraction of sp³-hybridized carbons (Fsp3) is 0.357. The fourth-order valence-electron chi connectivity index (χ4n) is 1.52. The predicted molar refractivity (Wildman–Crippen MR) is 79.0 cm³/mol. The van der Waals surface area contributed by atoms with Crippen LogP contribution in [-0.2, 0) is 14.3 Å². The summed E-state index contributed by atoms with van der Waals surface area (Å²) in [7, 11) is 0. The molecule has 0 heterocycles. The standard InChI is InChI=1S/C14H17NO4S/c1-3-19-14(18)9-20-8-13(17)15-12-7-5-4-6-11(12)10(2)16/h4-7H,3,8-9H2,1-2H3,(H,15,17). The molecule has 0 aliphatic rings. The van der Waals surface area contributed by atoms with Gasteiger partial charge in [-0.1, -0.05) is 12.1 Å². The summed E-state index contributed by atoms with van der Waals surface area (Å²) in [5, 5.41) is 2.66. The third kappa shape index (κ3) is 5.44. The first-order valence-corrected chi connectivity index (χ1v) is 7.33. The average molecular weight is 295 g/mol. The van der Waals surface area contributed by atoms with Crippen LogP contribution in [0.4, 0.5) is 5.69 Å². The maximum atomic E-state index is 11.7. The summed E-state index contributed by atoms with van der Waals surface area (Å²) in [6, 6.07) is 6.81. The monoisotopic (exact) mass is 295 g/mol. The summed E-state index contributed by atoms with van der Waals surface area (Å²) >= 11 is 1.17. The number of carbonyl (C=O) groups is 3. The van der Waals surface area contributed by atoms with Gasteiger partial charge >= 0.3 is 5.97 Å². The largest absolute Gasteiger partial charge is 0.465 e. The number of amides is 1. The molecule has 1 rings (SSSR count). The molecule has 1 N–H and O–H groups in total. The Kier molecular flexibility index (Phi) is 6.79. The molecule has 0 fully saturated rings. The van der Waals surface area contributed by atoms with Gasteiger partial charge in [0.2, 0.25) is 5.91 Å². The molecule has 20 heavy (non-hydrogen) atoms. The summed E-state index contributed by atoms with van der Waals surface area (Å²) in [6.45, 7) is 3.51. The van der Waals surface area contributed by atoms with Gasteiger partial charge in [0.15, 0.2) is 5.78 Å². The molecular weight excluding hydrogens is 278 g/mol. The lowest BCUT2D eigenvalue weighted by molar-refractivity contribution is -0.139. The number of hydrogen-bond donors (Lipinski definition) is 1. The number of ketones is 1. The Morgan fingerprint density at radius 1 is 1.20 bits per heavy atom. The number of benzene rings is 1. The quantitative estimate of drug-likeness (QED) is 0.616. The zero-order valence-electron chi connectivity index (χ0n) is 11.5. The highest BCUT2D eigenvalue weighted by molar-refractivity contribution is 8.00. The van der Waals surface area contributed by atoms with Gasteiger partial charge in [0, 0.05) is 5.56 Å². The van der Waals surface area contributed by atoms with E-state index < -0.39 is 0 Å². The molecule has 0 spiro atoms. The van der Waals surface area contributed by atoms with E-state index in [0.29, 0.717) is 17.9 Å². The molecule has 1 aromatic rings. The number of para-hydroxylation sites is 1. The lowest BCUT2D eigenvalue weighted by Gasteiger charge is -2.08. The van der Waals surface area contributed by atoms with Gasteiger partial charge in [-0.15, -0.1) is 11.8 Å². The van der Waals surface area contributed by atoms with Crippen molar-refractivity contribution in [1.82, 2.24) is 0 Å². The molecule has 0 unspecified atom stereocenters. The number of nitrogens with one attached hydrogen (secondary N) is 1. The summed E-state index contributed by atoms with van der Waals surface area (Å²) < 4.78 is 4.76. The summed E-state index contributed by atoms with van der Waals surface area (Å²) in [5.74, 6) is -0.441. The maximum absolute atomic E-state index is 11.7. The molecule has 1 amide bonds. The van der Waals surface area contributed by atoms with Gasteiger partial charge in [0.1, 0.15) is 0 Å². The van der Waals surface area contributed by atoms with Crippen molar-refractivity contribution in [1.29, 1.82) is 0 Å². The van der Waals surface area contributed by atoms with Crippen molar-refractivity contribution < 1.29 is 19.1 Å². The number of rotatable bonds is 7. The van der Waals surface area contributed by atoms with Crippen molar-refractivity contribution >= 4 is 35.1 Å². The van der Waals surface area contributed by atoms with E-state index in [1.54, 1.807) is 31.2 Å². The minimum atomic E-state index is -0.338. The van der Waals surface area contributed by atoms with Crippen LogP contribution in [0.3, 0.4) is 0 Å². The maximum Gasteiger partial charge on any atom is 0.315 e. The molecular formula is C14H17NO4S. The Bertz CT molecular complexity index is 502. The van der Waals surface area contributed by atoms with Crippen molar-refractivity contribution in [3.63, 3.8) is 0 Å². The molecule has 0 aromatic heterocycles. The van der Waals surface area contributed by atoms with Crippen LogP contribution in [0.25, 0.3) is 0 Å². The van der Waals surface area contributed by atoms with Gasteiger partial charge in [-0.25, -0.2) is 0 Å². The Labute approximate surface area is 122 Å². The van der Waals surface area contributed by atoms with E-state index in [9.17, 15) is 14.4 Å². The number of hydrogen-bond acceptors (Lipinski definition) is 5. The van der Waals surface area contributed by atoms with Crippen LogP contribution in [-0.4, -0.2) is 35.8 Å². The second-order valence-corrected chi connectivity index (χ2v) is 4.93. The Morgan fingerprint density at radius 3 is 2.55 bits per heavy atom. The summed E-state index contributed by atoms with van der Waals surface area (Å²) in [4.78, 5) is 34.2. The molecule has 6 heteroatoms. The minimum absolute atomic E-state index is 0.111. The van der Waals surface area contributed by atoms with Crippen LogP contribution >= 0.6 is 11.8 Å². The molecule has 5 nitrogen and oxygen atoms in total. The SMILES string of the molecule is CCOC(=O)CSCC(=O)Nc1ccccc1C(C)=O. The van der Waals surface area contributed by atoms with Crippen LogP contribution in [0.2, 0.25) is 0 Å². The molecule has 0 radical (unpaired) electrons. The minimum Gasteiger partial charge on any atom is -0.465 e. The first-order valence-electron chi connectivity index (χ1n) is 6.17. The van der Waals surface area contributed by atoms with E-state index in [0.717, 1.165) is 0 Å². The molecule has 0 saturated heterocycles. The Hall–Kier alpha value is -1.82. The molecule has 0 aliphatic heterocycles. The molecule has 0 atom stereocenters. The van der Waals surface area contributed by atoms with Crippen molar-refractivity contribution in [2.75, 3.05) is 23.4 Å². The zero-order chi connectivity index (χ0) is 15.0. The van der Waals surface area contributed by atoms with E-state index >= 15 is 0 Å². The second kappa shape index (κ2) is 8.37. The lowest BCUT2D eigenvalue weighted by atomic mass is 10.1. The predicted octanol–water partition coefficient (Wildman–Crippen LogP) is 2.12. The smallest absolute Gasteiger partial charge is 0.315 e. The highest BCUT2D eigenvalue weighted by atomic mass is 32.2. The van der Waals surface area contributed by atoms with Crippen LogP contribution in [0.15, 0.2) is 24.3 Å². The Morgan fingerprint density at radius 2 is 1.90 bits per heavy atom. The molecule has 0 saturated carbocycles. The number of Topliss-reactive ketones (excluding diaryl/α,β-unsaturated/α-hetero) is 1. The van der Waals surface area contributed by atoms with Gasteiger partial charge in [-0.3, -0.25) is 14.4 Å². The fourth-order valence-corrected chi connectivity index (χ4v) is 2.12. The van der Waals surface area contributed by atoms with Crippen molar-refractivity contribution in [2.45, 2.75) is 13.8 Å². The summed E-state index contributed by atoms with van der Waals surface area (Å²) in [6.07, 6.45) is 0. The van der Waals surface area contributed by atoms with Crippen LogP contribution in [0.1, 0.15) is 24.2 Å². The topological polar surface area (TPSA) is 72.5 Å². The number of ether oxygens (including phenoxy) is 1. The van der Waals surface area contributed by atoms with E-state index in [4.69, 9.17) is 4.74 Å². The van der Waals surface area contributed by atoms with Crippen molar-refractivity contribution in [3.05, 3.63) is 29.8 Å². The number of esters is 1. The highest BCUT2D eigenvalue weighted by Gasteiger charge is 2.10. The van der Waals surface area contributed by atoms with Crippen LogP contribution in [0.5, 0.6) is 0 Å². The number of anilines is 1. The van der Waals surface area contributed by atoms with Gasteiger partial charge < -0.3 is 10.1 Å². The molecule has 0 aliphatic carbocycles. The van der Waals surface area contributed by atoms with E-state index in [-0.39, 0.29) is 29.2 Å². The third-order valence-corrected chi connectivity index (χ3v) is 3.24. The van der Waals surface area contributed by atoms with E-state index in [2.05, 4.69) is 5.32 Å².